The van der Waals surface area contributed by atoms with Gasteiger partial charge in [0.05, 0.1) is 12.1 Å². The molecule has 0 bridgehead atoms. The molecule has 1 heterocycles. The van der Waals surface area contributed by atoms with E-state index < -0.39 is 6.04 Å². The van der Waals surface area contributed by atoms with E-state index in [4.69, 9.17) is 5.73 Å². The minimum atomic E-state index is -0.704. The Bertz CT molecular complexity index is 533. The number of amides is 1. The van der Waals surface area contributed by atoms with Crippen LogP contribution in [0, 0.1) is 0 Å². The lowest BCUT2D eigenvalue weighted by Gasteiger charge is -2.34. The Hall–Kier alpha value is -1.92. The molecule has 1 amide bonds. The first-order valence-corrected chi connectivity index (χ1v) is 7.09. The van der Waals surface area contributed by atoms with Crippen LogP contribution in [-0.2, 0) is 16.0 Å². The lowest BCUT2D eigenvalue weighted by atomic mass is 10.0. The van der Waals surface area contributed by atoms with E-state index in [-0.39, 0.29) is 23.5 Å². The zero-order valence-electron chi connectivity index (χ0n) is 12.1. The molecule has 0 spiro atoms. The molecule has 1 aromatic carbocycles. The molecule has 6 nitrogen and oxygen atoms in total. The molecule has 0 saturated carbocycles. The van der Waals surface area contributed by atoms with Crippen LogP contribution in [0.3, 0.4) is 0 Å². The van der Waals surface area contributed by atoms with Gasteiger partial charge >= 0.3 is 0 Å². The Balaban J connectivity index is 1.97. The first-order chi connectivity index (χ1) is 9.97. The van der Waals surface area contributed by atoms with Crippen molar-refractivity contribution in [1.29, 1.82) is 0 Å². The van der Waals surface area contributed by atoms with Crippen LogP contribution in [0.5, 0.6) is 5.75 Å². The fraction of sp³-hybridized carbons (Fsp3) is 0.467. The second-order valence-electron chi connectivity index (χ2n) is 5.40. The van der Waals surface area contributed by atoms with Gasteiger partial charge in [0.2, 0.25) is 0 Å². The van der Waals surface area contributed by atoms with Crippen molar-refractivity contribution in [3.63, 3.8) is 0 Å². The molecular formula is C15H21N3O3. The van der Waals surface area contributed by atoms with Crippen molar-refractivity contribution in [2.75, 3.05) is 6.54 Å². The number of hydrogen-bond acceptors (Lipinski definition) is 5. The predicted octanol–water partition coefficient (Wildman–Crippen LogP) is 0.347. The van der Waals surface area contributed by atoms with E-state index in [9.17, 15) is 14.7 Å². The first kappa shape index (κ1) is 15.5. The summed E-state index contributed by atoms with van der Waals surface area (Å²) in [6.45, 7) is 2.06. The number of carbonyl (C=O) groups is 2. The fourth-order valence-corrected chi connectivity index (χ4v) is 2.46. The highest BCUT2D eigenvalue weighted by atomic mass is 16.3. The highest BCUT2D eigenvalue weighted by Crippen LogP contribution is 2.14. The molecule has 0 aliphatic carbocycles. The van der Waals surface area contributed by atoms with E-state index in [1.54, 1.807) is 18.2 Å². The number of aromatic hydroxyl groups is 1. The largest absolute Gasteiger partial charge is 0.508 e. The summed E-state index contributed by atoms with van der Waals surface area (Å²) in [5.74, 6) is -0.0572. The lowest BCUT2D eigenvalue weighted by molar-refractivity contribution is -0.139. The molecule has 2 atom stereocenters. The Labute approximate surface area is 123 Å². The number of nitrogens with one attached hydrogen (secondary N) is 1. The number of hydrogen-bond donors (Lipinski definition) is 3. The standard InChI is InChI=1S/C15H21N3O3/c1-10(19)14-6-3-7-18(17-14)15(21)13(16)9-11-4-2-5-12(20)8-11/h2,4-5,8,13-14,17,20H,3,6-7,9,16H2,1H3. The number of phenolic OH excluding ortho intramolecular Hbond substituents is 1. The summed E-state index contributed by atoms with van der Waals surface area (Å²) in [6.07, 6.45) is 1.86. The number of benzene rings is 1. The predicted molar refractivity (Wildman–Crippen MR) is 78.3 cm³/mol. The SMILES string of the molecule is CC(=O)C1CCCN(C(=O)C(N)Cc2cccc(O)c2)N1. The first-order valence-electron chi connectivity index (χ1n) is 7.09. The van der Waals surface area contributed by atoms with Crippen LogP contribution in [-0.4, -0.2) is 40.4 Å². The van der Waals surface area contributed by atoms with Gasteiger partial charge in [0.15, 0.2) is 0 Å². The maximum atomic E-state index is 12.3. The van der Waals surface area contributed by atoms with Gasteiger partial charge in [0, 0.05) is 6.54 Å². The lowest BCUT2D eigenvalue weighted by Crippen LogP contribution is -2.58. The average molecular weight is 291 g/mol. The van der Waals surface area contributed by atoms with Crippen molar-refractivity contribution < 1.29 is 14.7 Å². The number of rotatable bonds is 4. The number of ketones is 1. The highest BCUT2D eigenvalue weighted by molar-refractivity contribution is 5.84. The van der Waals surface area contributed by atoms with E-state index in [0.717, 1.165) is 18.4 Å². The number of hydrazine groups is 1. The number of nitrogens with two attached hydrogens (primary N) is 1. The molecular weight excluding hydrogens is 270 g/mol. The topological polar surface area (TPSA) is 95.7 Å². The van der Waals surface area contributed by atoms with E-state index in [1.807, 2.05) is 6.07 Å². The Kier molecular flexibility index (Phi) is 4.93. The van der Waals surface area contributed by atoms with Crippen molar-refractivity contribution in [3.8, 4) is 5.75 Å². The second-order valence-corrected chi connectivity index (χ2v) is 5.40. The summed E-state index contributed by atoms with van der Waals surface area (Å²) in [6, 6.07) is 5.68. The average Bonchev–Trinajstić information content (AvgIpc) is 2.46. The van der Waals surface area contributed by atoms with Crippen molar-refractivity contribution in [2.24, 2.45) is 5.73 Å². The summed E-state index contributed by atoms with van der Waals surface area (Å²) in [7, 11) is 0. The molecule has 1 aromatic rings. The van der Waals surface area contributed by atoms with Gasteiger partial charge in [-0.25, -0.2) is 5.43 Å². The van der Waals surface area contributed by atoms with Crippen LogP contribution >= 0.6 is 0 Å². The van der Waals surface area contributed by atoms with Gasteiger partial charge in [0.25, 0.3) is 5.91 Å². The van der Waals surface area contributed by atoms with Crippen molar-refractivity contribution in [1.82, 2.24) is 10.4 Å². The molecule has 2 unspecified atom stereocenters. The Morgan fingerprint density at radius 3 is 2.95 bits per heavy atom. The number of phenols is 1. The second kappa shape index (κ2) is 6.69. The molecule has 1 aliphatic heterocycles. The molecule has 4 N–H and O–H groups in total. The van der Waals surface area contributed by atoms with Crippen molar-refractivity contribution >= 4 is 11.7 Å². The molecule has 0 radical (unpaired) electrons. The third-order valence-corrected chi connectivity index (χ3v) is 3.63. The number of carbonyl (C=O) groups excluding carboxylic acids is 2. The number of Topliss-reactive ketones (excluding diaryl/α,β-unsaturated/α-hetero) is 1. The maximum Gasteiger partial charge on any atom is 0.253 e. The normalized spacial score (nSPS) is 20.1. The van der Waals surface area contributed by atoms with E-state index in [0.29, 0.717) is 13.0 Å². The van der Waals surface area contributed by atoms with Gasteiger partial charge in [0.1, 0.15) is 11.5 Å². The molecule has 0 aromatic heterocycles. The summed E-state index contributed by atoms with van der Waals surface area (Å²) >= 11 is 0. The summed E-state index contributed by atoms with van der Waals surface area (Å²) in [5.41, 5.74) is 9.69. The zero-order valence-corrected chi connectivity index (χ0v) is 12.1. The molecule has 6 heteroatoms. The van der Waals surface area contributed by atoms with Gasteiger partial charge in [-0.2, -0.15) is 0 Å². The summed E-state index contributed by atoms with van der Waals surface area (Å²) < 4.78 is 0. The molecule has 21 heavy (non-hydrogen) atoms. The number of nitrogens with zero attached hydrogens (tertiary/aromatic N) is 1. The monoisotopic (exact) mass is 291 g/mol. The van der Waals surface area contributed by atoms with E-state index in [1.165, 1.54) is 11.9 Å². The zero-order chi connectivity index (χ0) is 15.4. The van der Waals surface area contributed by atoms with Crippen LogP contribution in [0.2, 0.25) is 0 Å². The molecule has 1 fully saturated rings. The van der Waals surface area contributed by atoms with E-state index >= 15 is 0 Å². The third-order valence-electron chi connectivity index (χ3n) is 3.63. The molecule has 1 aliphatic rings. The molecule has 2 rings (SSSR count). The van der Waals surface area contributed by atoms with Crippen molar-refractivity contribution in [2.45, 2.75) is 38.3 Å². The van der Waals surface area contributed by atoms with Gasteiger partial charge in [-0.3, -0.25) is 14.6 Å². The summed E-state index contributed by atoms with van der Waals surface area (Å²) in [5, 5.41) is 10.9. The van der Waals surface area contributed by atoms with E-state index in [2.05, 4.69) is 5.43 Å². The van der Waals surface area contributed by atoms with Crippen LogP contribution in [0.25, 0.3) is 0 Å². The fourth-order valence-electron chi connectivity index (χ4n) is 2.46. The summed E-state index contributed by atoms with van der Waals surface area (Å²) in [4.78, 5) is 23.7. The highest BCUT2D eigenvalue weighted by Gasteiger charge is 2.28. The maximum absolute atomic E-state index is 12.3. The quantitative estimate of drug-likeness (QED) is 0.744. The van der Waals surface area contributed by atoms with Crippen LogP contribution in [0.15, 0.2) is 24.3 Å². The molecule has 114 valence electrons. The molecule has 1 saturated heterocycles. The van der Waals surface area contributed by atoms with Crippen LogP contribution < -0.4 is 11.2 Å². The third kappa shape index (κ3) is 4.03. The van der Waals surface area contributed by atoms with Crippen LogP contribution in [0.1, 0.15) is 25.3 Å². The van der Waals surface area contributed by atoms with Gasteiger partial charge in [-0.1, -0.05) is 12.1 Å². The van der Waals surface area contributed by atoms with Crippen LogP contribution in [0.4, 0.5) is 0 Å². The minimum absolute atomic E-state index is 0.0223. The minimum Gasteiger partial charge on any atom is -0.508 e. The smallest absolute Gasteiger partial charge is 0.253 e. The van der Waals surface area contributed by atoms with Crippen molar-refractivity contribution in [3.05, 3.63) is 29.8 Å². The Morgan fingerprint density at radius 2 is 2.29 bits per heavy atom. The van der Waals surface area contributed by atoms with Gasteiger partial charge in [-0.05, 0) is 43.9 Å². The Morgan fingerprint density at radius 1 is 1.52 bits per heavy atom. The van der Waals surface area contributed by atoms with Gasteiger partial charge < -0.3 is 10.8 Å². The van der Waals surface area contributed by atoms with Gasteiger partial charge in [-0.15, -0.1) is 0 Å².